The van der Waals surface area contributed by atoms with E-state index in [2.05, 4.69) is 5.32 Å². The first kappa shape index (κ1) is 15.6. The van der Waals surface area contributed by atoms with E-state index in [4.69, 9.17) is 0 Å². The zero-order valence-corrected chi connectivity index (χ0v) is 13.0. The van der Waals surface area contributed by atoms with E-state index < -0.39 is 0 Å². The van der Waals surface area contributed by atoms with Gasteiger partial charge in [-0.25, -0.2) is 4.79 Å². The number of anilines is 2. The molecule has 0 spiro atoms. The number of rotatable bonds is 4. The van der Waals surface area contributed by atoms with Crippen molar-refractivity contribution in [1.29, 1.82) is 0 Å². The quantitative estimate of drug-likeness (QED) is 0.896. The molecule has 1 aliphatic rings. The fourth-order valence-electron chi connectivity index (χ4n) is 2.78. The van der Waals surface area contributed by atoms with E-state index in [0.717, 1.165) is 30.8 Å². The number of carbonyl (C=O) groups excluding carboxylic acids is 1. The van der Waals surface area contributed by atoms with E-state index in [1.807, 2.05) is 48.2 Å². The lowest BCUT2D eigenvalue weighted by atomic mass is 10.1. The molecule has 1 heterocycles. The van der Waals surface area contributed by atoms with Crippen LogP contribution in [0.1, 0.15) is 26.2 Å². The number of nitrogens with one attached hydrogen (secondary N) is 1. The van der Waals surface area contributed by atoms with E-state index in [-0.39, 0.29) is 18.2 Å². The number of amides is 2. The first-order valence-corrected chi connectivity index (χ1v) is 7.50. The lowest BCUT2D eigenvalue weighted by Crippen LogP contribution is -2.40. The summed E-state index contributed by atoms with van der Waals surface area (Å²) in [6.07, 6.45) is 2.25. The van der Waals surface area contributed by atoms with Crippen LogP contribution in [0.3, 0.4) is 0 Å². The molecular formula is C16H25N3O2. The molecule has 2 atom stereocenters. The fourth-order valence-corrected chi connectivity index (χ4v) is 2.78. The van der Waals surface area contributed by atoms with Gasteiger partial charge >= 0.3 is 6.03 Å². The van der Waals surface area contributed by atoms with E-state index in [1.54, 1.807) is 6.92 Å². The van der Waals surface area contributed by atoms with Crippen LogP contribution in [0, 0.1) is 0 Å². The monoisotopic (exact) mass is 291 g/mol. The summed E-state index contributed by atoms with van der Waals surface area (Å²) in [6.45, 7) is 2.54. The molecule has 0 bridgehead atoms. The van der Waals surface area contributed by atoms with Crippen LogP contribution in [-0.4, -0.2) is 48.8 Å². The molecule has 5 nitrogen and oxygen atoms in total. The van der Waals surface area contributed by atoms with Gasteiger partial charge in [-0.3, -0.25) is 0 Å². The number of aliphatic hydroxyl groups is 1. The molecule has 1 aliphatic heterocycles. The number of aliphatic hydroxyl groups excluding tert-OH is 1. The van der Waals surface area contributed by atoms with Gasteiger partial charge in [-0.05, 0) is 50.5 Å². The van der Waals surface area contributed by atoms with E-state index >= 15 is 0 Å². The number of hydrogen-bond acceptors (Lipinski definition) is 3. The predicted octanol–water partition coefficient (Wildman–Crippen LogP) is 2.52. The Bertz CT molecular complexity index is 471. The highest BCUT2D eigenvalue weighted by Gasteiger charge is 2.29. The average Bonchev–Trinajstić information content (AvgIpc) is 2.86. The Hall–Kier alpha value is -1.75. The van der Waals surface area contributed by atoms with Gasteiger partial charge in [0.25, 0.3) is 0 Å². The van der Waals surface area contributed by atoms with Crippen molar-refractivity contribution < 1.29 is 9.90 Å². The molecule has 21 heavy (non-hydrogen) atoms. The zero-order chi connectivity index (χ0) is 15.4. The van der Waals surface area contributed by atoms with Crippen molar-refractivity contribution in [3.05, 3.63) is 24.3 Å². The molecule has 1 aromatic rings. The Balaban J connectivity index is 1.97. The average molecular weight is 291 g/mol. The van der Waals surface area contributed by atoms with E-state index in [9.17, 15) is 9.90 Å². The van der Waals surface area contributed by atoms with Crippen molar-refractivity contribution in [3.63, 3.8) is 0 Å². The molecule has 5 heteroatoms. The Kier molecular flexibility index (Phi) is 5.07. The van der Waals surface area contributed by atoms with Crippen LogP contribution in [0.5, 0.6) is 0 Å². The molecule has 2 rings (SSSR count). The lowest BCUT2D eigenvalue weighted by Gasteiger charge is -2.26. The second-order valence-corrected chi connectivity index (χ2v) is 5.95. The van der Waals surface area contributed by atoms with Gasteiger partial charge in [-0.15, -0.1) is 0 Å². The number of hydrogen-bond donors (Lipinski definition) is 2. The van der Waals surface area contributed by atoms with Gasteiger partial charge in [0.1, 0.15) is 0 Å². The molecule has 0 saturated carbocycles. The van der Waals surface area contributed by atoms with Gasteiger partial charge in [-0.1, -0.05) is 0 Å². The Morgan fingerprint density at radius 2 is 2.10 bits per heavy atom. The number of nitrogens with zero attached hydrogens (tertiary/aromatic N) is 2. The Labute approximate surface area is 126 Å². The first-order valence-electron chi connectivity index (χ1n) is 7.50. The Morgan fingerprint density at radius 3 is 2.67 bits per heavy atom. The summed E-state index contributed by atoms with van der Waals surface area (Å²) >= 11 is 0. The summed E-state index contributed by atoms with van der Waals surface area (Å²) < 4.78 is 0. The summed E-state index contributed by atoms with van der Waals surface area (Å²) in [4.78, 5) is 16.2. The normalized spacial score (nSPS) is 19.4. The van der Waals surface area contributed by atoms with Crippen molar-refractivity contribution >= 4 is 17.4 Å². The lowest BCUT2D eigenvalue weighted by molar-refractivity contribution is 0.142. The standard InChI is InChI=1S/C16H25N3O2/c1-12(20)11-15-5-4-10-19(15)16(21)17-13-6-8-14(9-7-13)18(2)3/h6-9,12,15,20H,4-5,10-11H2,1-3H3,(H,17,21)/t12-,15-/m0/s1. The molecule has 0 unspecified atom stereocenters. The minimum atomic E-state index is -0.372. The molecule has 1 aromatic carbocycles. The molecule has 1 saturated heterocycles. The molecule has 0 aliphatic carbocycles. The van der Waals surface area contributed by atoms with Crippen LogP contribution < -0.4 is 10.2 Å². The third-order valence-corrected chi connectivity index (χ3v) is 3.89. The Morgan fingerprint density at radius 1 is 1.43 bits per heavy atom. The maximum absolute atomic E-state index is 12.3. The highest BCUT2D eigenvalue weighted by atomic mass is 16.3. The van der Waals surface area contributed by atoms with Crippen molar-refractivity contribution in [2.75, 3.05) is 30.9 Å². The second kappa shape index (κ2) is 6.80. The highest BCUT2D eigenvalue weighted by Crippen LogP contribution is 2.23. The van der Waals surface area contributed by atoms with Crippen molar-refractivity contribution in [3.8, 4) is 0 Å². The zero-order valence-electron chi connectivity index (χ0n) is 13.0. The van der Waals surface area contributed by atoms with Gasteiger partial charge in [0.15, 0.2) is 0 Å². The SMILES string of the molecule is C[C@H](O)C[C@@H]1CCCN1C(=O)Nc1ccc(N(C)C)cc1. The van der Waals surface area contributed by atoms with Gasteiger partial charge < -0.3 is 20.2 Å². The number of urea groups is 1. The van der Waals surface area contributed by atoms with Gasteiger partial charge in [0, 0.05) is 38.1 Å². The third kappa shape index (κ3) is 4.11. The van der Waals surface area contributed by atoms with Crippen LogP contribution in [0.25, 0.3) is 0 Å². The van der Waals surface area contributed by atoms with E-state index in [1.165, 1.54) is 0 Å². The topological polar surface area (TPSA) is 55.8 Å². The minimum Gasteiger partial charge on any atom is -0.393 e. The first-order chi connectivity index (χ1) is 9.97. The van der Waals surface area contributed by atoms with Crippen LogP contribution in [-0.2, 0) is 0 Å². The predicted molar refractivity (Wildman–Crippen MR) is 85.8 cm³/mol. The summed E-state index contributed by atoms with van der Waals surface area (Å²) in [5, 5.41) is 12.5. The number of benzene rings is 1. The summed E-state index contributed by atoms with van der Waals surface area (Å²) in [5.41, 5.74) is 1.90. The van der Waals surface area contributed by atoms with Crippen LogP contribution in [0.4, 0.5) is 16.2 Å². The molecule has 0 radical (unpaired) electrons. The maximum Gasteiger partial charge on any atom is 0.322 e. The van der Waals surface area contributed by atoms with Crippen LogP contribution in [0.15, 0.2) is 24.3 Å². The number of carbonyl (C=O) groups is 1. The molecular weight excluding hydrogens is 266 g/mol. The number of likely N-dealkylation sites (tertiary alicyclic amines) is 1. The van der Waals surface area contributed by atoms with Gasteiger partial charge in [0.2, 0.25) is 0 Å². The van der Waals surface area contributed by atoms with Crippen molar-refractivity contribution in [1.82, 2.24) is 4.90 Å². The van der Waals surface area contributed by atoms with Crippen molar-refractivity contribution in [2.24, 2.45) is 0 Å². The smallest absolute Gasteiger partial charge is 0.322 e. The molecule has 1 fully saturated rings. The third-order valence-electron chi connectivity index (χ3n) is 3.89. The maximum atomic E-state index is 12.3. The van der Waals surface area contributed by atoms with Crippen LogP contribution >= 0.6 is 0 Å². The van der Waals surface area contributed by atoms with E-state index in [0.29, 0.717) is 6.42 Å². The van der Waals surface area contributed by atoms with Crippen molar-refractivity contribution in [2.45, 2.75) is 38.3 Å². The largest absolute Gasteiger partial charge is 0.393 e. The fraction of sp³-hybridized carbons (Fsp3) is 0.562. The molecule has 0 aromatic heterocycles. The van der Waals surface area contributed by atoms with Gasteiger partial charge in [-0.2, -0.15) is 0 Å². The molecule has 116 valence electrons. The second-order valence-electron chi connectivity index (χ2n) is 5.95. The summed E-state index contributed by atoms with van der Waals surface area (Å²) in [6, 6.07) is 7.85. The molecule has 2 amide bonds. The minimum absolute atomic E-state index is 0.0734. The molecule has 2 N–H and O–H groups in total. The summed E-state index contributed by atoms with van der Waals surface area (Å²) in [5.74, 6) is 0. The van der Waals surface area contributed by atoms with Crippen LogP contribution in [0.2, 0.25) is 0 Å². The highest BCUT2D eigenvalue weighted by molar-refractivity contribution is 5.89. The van der Waals surface area contributed by atoms with Gasteiger partial charge in [0.05, 0.1) is 6.10 Å². The summed E-state index contributed by atoms with van der Waals surface area (Å²) in [7, 11) is 3.97.